The van der Waals surface area contributed by atoms with Crippen molar-refractivity contribution in [3.05, 3.63) is 48.0 Å². The van der Waals surface area contributed by atoms with Gasteiger partial charge in [0.1, 0.15) is 0 Å². The van der Waals surface area contributed by atoms with Crippen LogP contribution in [0.25, 0.3) is 21.8 Å². The van der Waals surface area contributed by atoms with Gasteiger partial charge in [0.2, 0.25) is 0 Å². The fraction of sp³-hybridized carbons (Fsp3) is 0.368. The molecule has 21 heavy (non-hydrogen) atoms. The predicted molar refractivity (Wildman–Crippen MR) is 87.3 cm³/mol. The molecule has 0 saturated heterocycles. The van der Waals surface area contributed by atoms with Crippen LogP contribution in [-0.2, 0) is 0 Å². The first-order valence-electron chi connectivity index (χ1n) is 8.00. The smallest absolute Gasteiger partial charge is 0.0792 e. The summed E-state index contributed by atoms with van der Waals surface area (Å²) in [5, 5.41) is 13.0. The lowest BCUT2D eigenvalue weighted by Crippen LogP contribution is -2.04. The van der Waals surface area contributed by atoms with E-state index in [1.807, 2.05) is 6.07 Å². The van der Waals surface area contributed by atoms with Gasteiger partial charge in [-0.05, 0) is 36.1 Å². The molecule has 1 aliphatic rings. The summed E-state index contributed by atoms with van der Waals surface area (Å²) in [4.78, 5) is 3.44. The second-order valence-corrected chi connectivity index (χ2v) is 6.38. The summed E-state index contributed by atoms with van der Waals surface area (Å²) in [5.74, 6) is 0.707. The Labute approximate surface area is 124 Å². The Kier molecular flexibility index (Phi) is 3.19. The third kappa shape index (κ3) is 2.34. The summed E-state index contributed by atoms with van der Waals surface area (Å²) in [6.07, 6.45) is 5.82. The van der Waals surface area contributed by atoms with Crippen molar-refractivity contribution in [3.63, 3.8) is 0 Å². The third-order valence-corrected chi connectivity index (χ3v) is 4.95. The first kappa shape index (κ1) is 12.9. The van der Waals surface area contributed by atoms with E-state index in [-0.39, 0.29) is 6.10 Å². The van der Waals surface area contributed by atoms with E-state index in [1.54, 1.807) is 0 Å². The lowest BCUT2D eigenvalue weighted by molar-refractivity contribution is 0.145. The van der Waals surface area contributed by atoms with Gasteiger partial charge >= 0.3 is 0 Å². The second-order valence-electron chi connectivity index (χ2n) is 6.38. The molecule has 0 spiro atoms. The molecule has 1 aliphatic carbocycles. The van der Waals surface area contributed by atoms with Crippen molar-refractivity contribution >= 4 is 21.8 Å². The lowest BCUT2D eigenvalue weighted by Gasteiger charge is -2.15. The van der Waals surface area contributed by atoms with Gasteiger partial charge in [0.25, 0.3) is 0 Å². The largest absolute Gasteiger partial charge is 0.388 e. The van der Waals surface area contributed by atoms with E-state index < -0.39 is 0 Å². The summed E-state index contributed by atoms with van der Waals surface area (Å²) >= 11 is 0. The molecule has 0 amide bonds. The van der Waals surface area contributed by atoms with Gasteiger partial charge in [-0.2, -0.15) is 0 Å². The van der Waals surface area contributed by atoms with Crippen LogP contribution >= 0.6 is 0 Å². The van der Waals surface area contributed by atoms with Gasteiger partial charge < -0.3 is 10.1 Å². The van der Waals surface area contributed by atoms with E-state index in [2.05, 4.69) is 41.4 Å². The number of aromatic amines is 1. The molecule has 2 nitrogen and oxygen atoms in total. The molecule has 1 heterocycles. The first-order valence-corrected chi connectivity index (χ1v) is 8.00. The summed E-state index contributed by atoms with van der Waals surface area (Å²) in [5.41, 5.74) is 3.36. The number of hydrogen-bond acceptors (Lipinski definition) is 1. The van der Waals surface area contributed by atoms with Crippen LogP contribution in [0.3, 0.4) is 0 Å². The Morgan fingerprint density at radius 1 is 1.00 bits per heavy atom. The molecule has 2 heteroatoms. The van der Waals surface area contributed by atoms with Crippen molar-refractivity contribution in [2.75, 3.05) is 0 Å². The molecule has 1 aromatic heterocycles. The number of H-pyrrole nitrogens is 1. The Bertz CT molecular complexity index is 767. The average molecular weight is 279 g/mol. The minimum absolute atomic E-state index is 0.328. The van der Waals surface area contributed by atoms with E-state index in [0.29, 0.717) is 5.92 Å². The van der Waals surface area contributed by atoms with Crippen molar-refractivity contribution in [2.24, 2.45) is 5.92 Å². The molecular weight excluding hydrogens is 258 g/mol. The normalized spacial score (nSPS) is 17.8. The third-order valence-electron chi connectivity index (χ3n) is 4.95. The summed E-state index contributed by atoms with van der Waals surface area (Å²) in [6, 6.07) is 14.7. The number of benzene rings is 2. The highest BCUT2D eigenvalue weighted by Crippen LogP contribution is 2.34. The maximum Gasteiger partial charge on any atom is 0.0792 e. The molecule has 2 N–H and O–H groups in total. The quantitative estimate of drug-likeness (QED) is 0.700. The van der Waals surface area contributed by atoms with Crippen LogP contribution in [0.1, 0.15) is 43.8 Å². The van der Waals surface area contributed by atoms with Crippen molar-refractivity contribution in [3.8, 4) is 0 Å². The zero-order valence-electron chi connectivity index (χ0n) is 12.2. The van der Waals surface area contributed by atoms with Gasteiger partial charge in [0.05, 0.1) is 6.10 Å². The summed E-state index contributed by atoms with van der Waals surface area (Å²) in [7, 11) is 0. The Hall–Kier alpha value is -1.80. The molecule has 1 saturated carbocycles. The van der Waals surface area contributed by atoms with Gasteiger partial charge in [0.15, 0.2) is 0 Å². The SMILES string of the molecule is OC(CC1CCCC1)c1ccc2[nH]c3ccccc3c2c1. The Morgan fingerprint density at radius 2 is 1.76 bits per heavy atom. The highest BCUT2D eigenvalue weighted by Gasteiger charge is 2.20. The number of nitrogens with one attached hydrogen (secondary N) is 1. The highest BCUT2D eigenvalue weighted by molar-refractivity contribution is 6.07. The van der Waals surface area contributed by atoms with Crippen molar-refractivity contribution in [2.45, 2.75) is 38.2 Å². The number of aliphatic hydroxyl groups is 1. The monoisotopic (exact) mass is 279 g/mol. The van der Waals surface area contributed by atoms with E-state index >= 15 is 0 Å². The topological polar surface area (TPSA) is 36.0 Å². The maximum atomic E-state index is 10.5. The molecule has 3 aromatic rings. The average Bonchev–Trinajstić information content (AvgIpc) is 3.13. The minimum atomic E-state index is -0.328. The zero-order valence-corrected chi connectivity index (χ0v) is 12.2. The van der Waals surface area contributed by atoms with Crippen LogP contribution in [0, 0.1) is 5.92 Å². The van der Waals surface area contributed by atoms with E-state index in [4.69, 9.17) is 0 Å². The van der Waals surface area contributed by atoms with E-state index in [1.165, 1.54) is 36.5 Å². The van der Waals surface area contributed by atoms with Gasteiger partial charge in [-0.1, -0.05) is 49.9 Å². The van der Waals surface area contributed by atoms with Gasteiger partial charge in [-0.15, -0.1) is 0 Å². The van der Waals surface area contributed by atoms with E-state index in [9.17, 15) is 5.11 Å². The molecule has 0 aliphatic heterocycles. The standard InChI is InChI=1S/C19H21NO/c21-19(11-13-5-1-2-6-13)14-9-10-18-16(12-14)15-7-3-4-8-17(15)20-18/h3-4,7-10,12-13,19-21H,1-2,5-6,11H2. The molecule has 108 valence electrons. The number of aliphatic hydroxyl groups excluding tert-OH is 1. The molecule has 0 bridgehead atoms. The van der Waals surface area contributed by atoms with Crippen LogP contribution in [0.5, 0.6) is 0 Å². The highest BCUT2D eigenvalue weighted by atomic mass is 16.3. The minimum Gasteiger partial charge on any atom is -0.388 e. The number of rotatable bonds is 3. The van der Waals surface area contributed by atoms with Crippen LogP contribution in [0.4, 0.5) is 0 Å². The molecule has 1 unspecified atom stereocenters. The number of aromatic nitrogens is 1. The molecule has 0 radical (unpaired) electrons. The summed E-state index contributed by atoms with van der Waals surface area (Å²) in [6.45, 7) is 0. The van der Waals surface area contributed by atoms with Crippen molar-refractivity contribution < 1.29 is 5.11 Å². The van der Waals surface area contributed by atoms with Gasteiger partial charge in [-0.25, -0.2) is 0 Å². The summed E-state index contributed by atoms with van der Waals surface area (Å²) < 4.78 is 0. The van der Waals surface area contributed by atoms with Gasteiger partial charge in [-0.3, -0.25) is 0 Å². The fourth-order valence-electron chi connectivity index (χ4n) is 3.77. The molecule has 1 atom stereocenters. The second kappa shape index (κ2) is 5.19. The maximum absolute atomic E-state index is 10.5. The van der Waals surface area contributed by atoms with Gasteiger partial charge in [0, 0.05) is 21.8 Å². The Morgan fingerprint density at radius 3 is 2.62 bits per heavy atom. The van der Waals surface area contributed by atoms with Crippen LogP contribution in [0.2, 0.25) is 0 Å². The molecular formula is C19H21NO. The molecule has 4 rings (SSSR count). The number of para-hydroxylation sites is 1. The molecule has 2 aromatic carbocycles. The van der Waals surface area contributed by atoms with Crippen molar-refractivity contribution in [1.29, 1.82) is 0 Å². The zero-order chi connectivity index (χ0) is 14.2. The van der Waals surface area contributed by atoms with Crippen LogP contribution in [0.15, 0.2) is 42.5 Å². The Balaban J connectivity index is 1.70. The van der Waals surface area contributed by atoms with Crippen molar-refractivity contribution in [1.82, 2.24) is 4.98 Å². The number of fused-ring (bicyclic) bond motifs is 3. The predicted octanol–water partition coefficient (Wildman–Crippen LogP) is 4.93. The van der Waals surface area contributed by atoms with Crippen LogP contribution < -0.4 is 0 Å². The van der Waals surface area contributed by atoms with E-state index in [0.717, 1.165) is 23.0 Å². The lowest BCUT2D eigenvalue weighted by atomic mass is 9.95. The first-order chi connectivity index (χ1) is 10.3. The van der Waals surface area contributed by atoms with Crippen LogP contribution in [-0.4, -0.2) is 10.1 Å². The molecule has 1 fully saturated rings. The fourth-order valence-corrected chi connectivity index (χ4v) is 3.77. The number of hydrogen-bond donors (Lipinski definition) is 2.